The van der Waals surface area contributed by atoms with Gasteiger partial charge < -0.3 is 4.43 Å². The molecule has 0 aromatic heterocycles. The maximum Gasteiger partial charge on any atom is 0.243 e. The van der Waals surface area contributed by atoms with Crippen LogP contribution in [0.5, 0.6) is 0 Å². The van der Waals surface area contributed by atoms with E-state index in [0.717, 1.165) is 0 Å². The Hall–Kier alpha value is -0.166. The SMILES string of the molecule is C[Si](C)(C)/N=C(/CF)O[Si](C)(C)C. The van der Waals surface area contributed by atoms with Crippen molar-refractivity contribution in [2.45, 2.75) is 39.3 Å². The third kappa shape index (κ3) is 8.17. The molecule has 0 aliphatic carbocycles. The molecule has 0 aliphatic rings. The molecule has 0 N–H and O–H groups in total. The maximum absolute atomic E-state index is 12.5. The second kappa shape index (κ2) is 4.37. The van der Waals surface area contributed by atoms with Crippen LogP contribution in [0.2, 0.25) is 39.3 Å². The fraction of sp³-hybridized carbons (Fsp3) is 0.875. The summed E-state index contributed by atoms with van der Waals surface area (Å²) in [6.45, 7) is 11.7. The number of nitrogens with zero attached hydrogens (tertiary/aromatic N) is 1. The van der Waals surface area contributed by atoms with Crippen molar-refractivity contribution >= 4 is 22.5 Å². The lowest BCUT2D eigenvalue weighted by atomic mass is 10.8. The topological polar surface area (TPSA) is 21.6 Å². The van der Waals surface area contributed by atoms with Gasteiger partial charge in [0.15, 0.2) is 20.8 Å². The van der Waals surface area contributed by atoms with Crippen molar-refractivity contribution in [2.24, 2.45) is 4.66 Å². The zero-order chi connectivity index (χ0) is 10.7. The average Bonchev–Trinajstić information content (AvgIpc) is 1.79. The van der Waals surface area contributed by atoms with Crippen LogP contribution in [0.3, 0.4) is 0 Å². The highest BCUT2D eigenvalue weighted by Crippen LogP contribution is 2.08. The number of rotatable bonds is 3. The fourth-order valence-electron chi connectivity index (χ4n) is 0.808. The zero-order valence-electron chi connectivity index (χ0n) is 9.44. The first-order valence-electron chi connectivity index (χ1n) is 4.48. The molecule has 0 aromatic rings. The van der Waals surface area contributed by atoms with Crippen LogP contribution in [0.4, 0.5) is 4.39 Å². The fourth-order valence-corrected chi connectivity index (χ4v) is 2.56. The Morgan fingerprint density at radius 2 is 1.62 bits per heavy atom. The van der Waals surface area contributed by atoms with E-state index < -0.39 is 23.2 Å². The number of alkyl halides is 1. The van der Waals surface area contributed by atoms with E-state index in [1.807, 2.05) is 19.6 Å². The molecule has 0 heterocycles. The summed E-state index contributed by atoms with van der Waals surface area (Å²) in [6, 6.07) is 0. The van der Waals surface area contributed by atoms with Crippen LogP contribution in [0.15, 0.2) is 4.66 Å². The van der Waals surface area contributed by atoms with Gasteiger partial charge in [-0.25, -0.2) is 4.39 Å². The normalized spacial score (nSPS) is 14.5. The van der Waals surface area contributed by atoms with E-state index >= 15 is 0 Å². The van der Waals surface area contributed by atoms with Crippen molar-refractivity contribution in [3.8, 4) is 0 Å². The Morgan fingerprint density at radius 3 is 1.85 bits per heavy atom. The molecule has 0 unspecified atom stereocenters. The van der Waals surface area contributed by atoms with Gasteiger partial charge in [-0.15, -0.1) is 0 Å². The van der Waals surface area contributed by atoms with Crippen molar-refractivity contribution in [2.75, 3.05) is 6.67 Å². The van der Waals surface area contributed by atoms with E-state index in [1.165, 1.54) is 0 Å². The van der Waals surface area contributed by atoms with Crippen molar-refractivity contribution in [3.63, 3.8) is 0 Å². The van der Waals surface area contributed by atoms with E-state index in [2.05, 4.69) is 24.3 Å². The summed E-state index contributed by atoms with van der Waals surface area (Å²) in [7, 11) is -3.29. The number of hydrogen-bond acceptors (Lipinski definition) is 2. The Morgan fingerprint density at radius 1 is 1.15 bits per heavy atom. The van der Waals surface area contributed by atoms with Crippen molar-refractivity contribution in [1.82, 2.24) is 0 Å². The van der Waals surface area contributed by atoms with Gasteiger partial charge in [-0.05, 0) is 39.3 Å². The smallest absolute Gasteiger partial charge is 0.243 e. The zero-order valence-corrected chi connectivity index (χ0v) is 11.4. The summed E-state index contributed by atoms with van der Waals surface area (Å²) in [4.78, 5) is 0. The molecule has 0 saturated carbocycles. The van der Waals surface area contributed by atoms with Crippen molar-refractivity contribution < 1.29 is 8.82 Å². The van der Waals surface area contributed by atoms with Gasteiger partial charge in [0.2, 0.25) is 8.32 Å². The highest BCUT2D eigenvalue weighted by Gasteiger charge is 2.21. The van der Waals surface area contributed by atoms with E-state index in [1.54, 1.807) is 0 Å². The molecule has 78 valence electrons. The van der Waals surface area contributed by atoms with Crippen LogP contribution in [-0.2, 0) is 4.43 Å². The lowest BCUT2D eigenvalue weighted by Crippen LogP contribution is -2.32. The minimum absolute atomic E-state index is 0.304. The molecule has 0 fully saturated rings. The van der Waals surface area contributed by atoms with Gasteiger partial charge in [-0.2, -0.15) is 0 Å². The van der Waals surface area contributed by atoms with Gasteiger partial charge in [-0.3, -0.25) is 4.66 Å². The summed E-state index contributed by atoms with van der Waals surface area (Å²) >= 11 is 0. The Balaban J connectivity index is 4.45. The van der Waals surface area contributed by atoms with Gasteiger partial charge in [0.1, 0.15) is 0 Å². The predicted molar refractivity (Wildman–Crippen MR) is 61.2 cm³/mol. The van der Waals surface area contributed by atoms with Crippen molar-refractivity contribution in [1.29, 1.82) is 0 Å². The lowest BCUT2D eigenvalue weighted by molar-refractivity contribution is 0.475. The van der Waals surface area contributed by atoms with Crippen LogP contribution in [0.1, 0.15) is 0 Å². The molecule has 0 atom stereocenters. The van der Waals surface area contributed by atoms with Crippen LogP contribution >= 0.6 is 0 Å². The summed E-state index contributed by atoms with van der Waals surface area (Å²) in [6.07, 6.45) is 0. The Bertz CT molecular complexity index is 193. The molecule has 0 spiro atoms. The lowest BCUT2D eigenvalue weighted by Gasteiger charge is -2.21. The van der Waals surface area contributed by atoms with E-state index in [4.69, 9.17) is 4.43 Å². The first-order chi connectivity index (χ1) is 5.64. The molecule has 0 amide bonds. The molecule has 0 saturated heterocycles. The molecular formula is C8H20FNOSi2. The second-order valence-corrected chi connectivity index (χ2v) is 14.0. The van der Waals surface area contributed by atoms with Crippen LogP contribution in [0, 0.1) is 0 Å². The first kappa shape index (κ1) is 12.8. The van der Waals surface area contributed by atoms with Gasteiger partial charge in [-0.1, -0.05) is 0 Å². The Labute approximate surface area is 82.4 Å². The molecule has 13 heavy (non-hydrogen) atoms. The molecular weight excluding hydrogens is 201 g/mol. The van der Waals surface area contributed by atoms with E-state index in [-0.39, 0.29) is 0 Å². The quantitative estimate of drug-likeness (QED) is 0.408. The molecule has 0 bridgehead atoms. The molecule has 5 heteroatoms. The highest BCUT2D eigenvalue weighted by atomic mass is 28.4. The molecule has 0 aliphatic heterocycles. The predicted octanol–water partition coefficient (Wildman–Crippen LogP) is 3.04. The standard InChI is InChI=1S/C8H20FNOSi2/c1-12(2,3)10-8(7-9)11-13(4,5)6/h7H2,1-6H3/b10-8-. The second-order valence-electron chi connectivity index (χ2n) is 5.02. The summed E-state index contributed by atoms with van der Waals surface area (Å²) < 4.78 is 22.3. The molecule has 2 nitrogen and oxygen atoms in total. The summed E-state index contributed by atoms with van der Waals surface area (Å²) in [5, 5.41) is 0. The first-order valence-corrected chi connectivity index (χ1v) is 11.3. The largest absolute Gasteiger partial charge is 0.533 e. The molecule has 0 rings (SSSR count). The maximum atomic E-state index is 12.5. The van der Waals surface area contributed by atoms with Gasteiger partial charge in [0.05, 0.1) is 0 Å². The monoisotopic (exact) mass is 221 g/mol. The number of hydrogen-bond donors (Lipinski definition) is 0. The minimum Gasteiger partial charge on any atom is -0.533 e. The number of halogens is 1. The average molecular weight is 221 g/mol. The Kier molecular flexibility index (Phi) is 4.31. The van der Waals surface area contributed by atoms with E-state index in [9.17, 15) is 4.39 Å². The molecule has 0 aromatic carbocycles. The van der Waals surface area contributed by atoms with Crippen molar-refractivity contribution in [3.05, 3.63) is 0 Å². The van der Waals surface area contributed by atoms with Gasteiger partial charge in [0, 0.05) is 0 Å². The highest BCUT2D eigenvalue weighted by molar-refractivity contribution is 6.76. The van der Waals surface area contributed by atoms with Crippen LogP contribution in [0.25, 0.3) is 0 Å². The molecule has 0 radical (unpaired) electrons. The third-order valence-electron chi connectivity index (χ3n) is 0.998. The summed E-state index contributed by atoms with van der Waals surface area (Å²) in [5.41, 5.74) is 0. The van der Waals surface area contributed by atoms with Crippen LogP contribution < -0.4 is 0 Å². The summed E-state index contributed by atoms with van der Waals surface area (Å²) in [5.74, 6) is 0.304. The third-order valence-corrected chi connectivity index (χ3v) is 2.77. The minimum atomic E-state index is -1.69. The van der Waals surface area contributed by atoms with Gasteiger partial charge >= 0.3 is 0 Å². The van der Waals surface area contributed by atoms with Crippen LogP contribution in [-0.4, -0.2) is 29.1 Å². The van der Waals surface area contributed by atoms with Gasteiger partial charge in [0.25, 0.3) is 0 Å². The van der Waals surface area contributed by atoms with E-state index in [0.29, 0.717) is 5.90 Å².